The van der Waals surface area contributed by atoms with E-state index in [2.05, 4.69) is 0 Å². The molecule has 1 amide bonds. The largest absolute Gasteiger partial charge is 0.451 e. The summed E-state index contributed by atoms with van der Waals surface area (Å²) in [5.41, 5.74) is 1.96. The minimum Gasteiger partial charge on any atom is -0.451 e. The van der Waals surface area contributed by atoms with Crippen molar-refractivity contribution in [1.29, 1.82) is 0 Å². The summed E-state index contributed by atoms with van der Waals surface area (Å²) in [7, 11) is 0. The molecule has 0 spiro atoms. The van der Waals surface area contributed by atoms with Gasteiger partial charge in [0.2, 0.25) is 0 Å². The number of fused-ring (bicyclic) bond motifs is 4. The number of furan rings is 1. The molecule has 142 valence electrons. The first kappa shape index (κ1) is 17.3. The number of pyridine rings is 1. The lowest BCUT2D eigenvalue weighted by molar-refractivity contribution is 0.0564. The lowest BCUT2D eigenvalue weighted by Gasteiger charge is -2.42. The second-order valence-electron chi connectivity index (χ2n) is 7.58. The summed E-state index contributed by atoms with van der Waals surface area (Å²) in [5, 5.41) is 0.658. The summed E-state index contributed by atoms with van der Waals surface area (Å²) in [6.45, 7) is 1.92. The van der Waals surface area contributed by atoms with Crippen molar-refractivity contribution >= 4 is 17.5 Å². The third-order valence-electron chi connectivity index (χ3n) is 5.71. The fraction of sp³-hybridized carbons (Fsp3) is 0.273. The fourth-order valence-corrected chi connectivity index (χ4v) is 4.57. The number of halogens is 1. The number of carbonyl (C=O) groups excluding carboxylic acids is 1. The summed E-state index contributed by atoms with van der Waals surface area (Å²) in [6.07, 6.45) is 1.02. The number of hydrogen-bond donors (Lipinski definition) is 0. The zero-order chi connectivity index (χ0) is 19.3. The molecule has 2 aromatic heterocycles. The predicted molar refractivity (Wildman–Crippen MR) is 107 cm³/mol. The van der Waals surface area contributed by atoms with Crippen molar-refractivity contribution in [3.8, 4) is 11.3 Å². The molecule has 2 unspecified atom stereocenters. The van der Waals surface area contributed by atoms with Crippen molar-refractivity contribution in [3.63, 3.8) is 0 Å². The van der Waals surface area contributed by atoms with Crippen LogP contribution in [-0.2, 0) is 6.54 Å². The van der Waals surface area contributed by atoms with Gasteiger partial charge in [0.15, 0.2) is 5.76 Å². The smallest absolute Gasteiger partial charge is 0.289 e. The predicted octanol–water partition coefficient (Wildman–Crippen LogP) is 4.02. The van der Waals surface area contributed by atoms with E-state index in [1.165, 1.54) is 0 Å². The van der Waals surface area contributed by atoms with Gasteiger partial charge in [-0.2, -0.15) is 0 Å². The fourth-order valence-electron chi connectivity index (χ4n) is 4.44. The van der Waals surface area contributed by atoms with Crippen LogP contribution in [0.1, 0.15) is 28.6 Å². The minimum atomic E-state index is -0.0957. The van der Waals surface area contributed by atoms with Gasteiger partial charge in [-0.15, -0.1) is 0 Å². The molecule has 2 atom stereocenters. The minimum absolute atomic E-state index is 0.0469. The van der Waals surface area contributed by atoms with Crippen LogP contribution in [0.5, 0.6) is 0 Å². The van der Waals surface area contributed by atoms with E-state index >= 15 is 0 Å². The molecule has 0 radical (unpaired) electrons. The second-order valence-corrected chi connectivity index (χ2v) is 8.02. The van der Waals surface area contributed by atoms with E-state index in [-0.39, 0.29) is 17.4 Å². The number of amides is 1. The van der Waals surface area contributed by atoms with Crippen LogP contribution in [-0.4, -0.2) is 28.5 Å². The molecular weight excluding hydrogens is 376 g/mol. The van der Waals surface area contributed by atoms with E-state index in [9.17, 15) is 9.59 Å². The van der Waals surface area contributed by atoms with E-state index < -0.39 is 0 Å². The number of carbonyl (C=O) groups is 1. The number of hydrogen-bond acceptors (Lipinski definition) is 3. The molecule has 0 aliphatic carbocycles. The zero-order valence-electron chi connectivity index (χ0n) is 15.2. The molecular formula is C22H19ClN2O3. The Labute approximate surface area is 167 Å². The van der Waals surface area contributed by atoms with Gasteiger partial charge in [-0.3, -0.25) is 9.59 Å². The van der Waals surface area contributed by atoms with Crippen LogP contribution in [0.25, 0.3) is 11.3 Å². The monoisotopic (exact) mass is 394 g/mol. The van der Waals surface area contributed by atoms with Gasteiger partial charge >= 0.3 is 0 Å². The molecule has 28 heavy (non-hydrogen) atoms. The molecule has 1 saturated heterocycles. The summed E-state index contributed by atoms with van der Waals surface area (Å²) >= 11 is 5.94. The van der Waals surface area contributed by atoms with Gasteiger partial charge in [0.1, 0.15) is 5.76 Å². The van der Waals surface area contributed by atoms with Gasteiger partial charge in [0.05, 0.1) is 0 Å². The van der Waals surface area contributed by atoms with Crippen molar-refractivity contribution in [2.45, 2.75) is 18.9 Å². The first-order valence-corrected chi connectivity index (χ1v) is 9.81. The standard InChI is InChI=1S/C22H19ClN2O3/c23-17-6-4-15(5-7-17)19-8-9-20(28-19)22(27)24-11-14-10-16(13-24)18-2-1-3-21(26)25(18)12-14/h1-9,14,16H,10-13H2. The van der Waals surface area contributed by atoms with Gasteiger partial charge in [-0.25, -0.2) is 0 Å². The van der Waals surface area contributed by atoms with Crippen LogP contribution in [0.3, 0.4) is 0 Å². The Morgan fingerprint density at radius 2 is 1.82 bits per heavy atom. The van der Waals surface area contributed by atoms with E-state index in [0.29, 0.717) is 42.1 Å². The Bertz CT molecular complexity index is 1100. The highest BCUT2D eigenvalue weighted by molar-refractivity contribution is 6.30. The number of piperidine rings is 1. The molecule has 2 aliphatic rings. The average molecular weight is 395 g/mol. The van der Waals surface area contributed by atoms with E-state index in [0.717, 1.165) is 17.7 Å². The summed E-state index contributed by atoms with van der Waals surface area (Å²) in [4.78, 5) is 27.1. The Hall–Kier alpha value is -2.79. The lowest BCUT2D eigenvalue weighted by Crippen LogP contribution is -2.49. The van der Waals surface area contributed by atoms with Gasteiger partial charge in [-0.05, 0) is 54.8 Å². The van der Waals surface area contributed by atoms with Crippen LogP contribution in [0.15, 0.2) is 63.8 Å². The summed E-state index contributed by atoms with van der Waals surface area (Å²) in [5.74, 6) is 1.38. The van der Waals surface area contributed by atoms with Crippen molar-refractivity contribution in [2.75, 3.05) is 13.1 Å². The van der Waals surface area contributed by atoms with Gasteiger partial charge in [0, 0.05) is 47.9 Å². The van der Waals surface area contributed by atoms with Gasteiger partial charge < -0.3 is 13.9 Å². The third kappa shape index (κ3) is 2.96. The number of benzene rings is 1. The Morgan fingerprint density at radius 3 is 2.64 bits per heavy atom. The van der Waals surface area contributed by atoms with E-state index in [1.807, 2.05) is 33.7 Å². The van der Waals surface area contributed by atoms with Crippen molar-refractivity contribution in [1.82, 2.24) is 9.47 Å². The molecule has 0 saturated carbocycles. The number of likely N-dealkylation sites (tertiary alicyclic amines) is 1. The van der Waals surface area contributed by atoms with Gasteiger partial charge in [-0.1, -0.05) is 17.7 Å². The first-order valence-electron chi connectivity index (χ1n) is 9.43. The highest BCUT2D eigenvalue weighted by Crippen LogP contribution is 2.35. The van der Waals surface area contributed by atoms with Gasteiger partial charge in [0.25, 0.3) is 11.5 Å². The lowest BCUT2D eigenvalue weighted by atomic mass is 9.83. The number of rotatable bonds is 2. The van der Waals surface area contributed by atoms with E-state index in [4.69, 9.17) is 16.0 Å². The average Bonchev–Trinajstić information content (AvgIpc) is 3.19. The highest BCUT2D eigenvalue weighted by Gasteiger charge is 2.37. The zero-order valence-corrected chi connectivity index (χ0v) is 15.9. The normalized spacial score (nSPS) is 20.7. The van der Waals surface area contributed by atoms with Crippen LogP contribution < -0.4 is 5.56 Å². The van der Waals surface area contributed by atoms with Crippen LogP contribution >= 0.6 is 11.6 Å². The molecule has 1 aromatic carbocycles. The highest BCUT2D eigenvalue weighted by atomic mass is 35.5. The Balaban J connectivity index is 1.39. The maximum Gasteiger partial charge on any atom is 0.289 e. The topological polar surface area (TPSA) is 55.5 Å². The first-order chi connectivity index (χ1) is 13.6. The molecule has 2 aliphatic heterocycles. The number of aromatic nitrogens is 1. The Morgan fingerprint density at radius 1 is 1.00 bits per heavy atom. The molecule has 0 N–H and O–H groups in total. The van der Waals surface area contributed by atoms with Crippen LogP contribution in [0.4, 0.5) is 0 Å². The van der Waals surface area contributed by atoms with Crippen molar-refractivity contribution in [3.05, 3.63) is 81.4 Å². The maximum atomic E-state index is 13.1. The summed E-state index contributed by atoms with van der Waals surface area (Å²) < 4.78 is 7.71. The van der Waals surface area contributed by atoms with E-state index in [1.54, 1.807) is 30.3 Å². The molecule has 6 heteroatoms. The second kappa shape index (κ2) is 6.67. The van der Waals surface area contributed by atoms with Crippen molar-refractivity contribution in [2.24, 2.45) is 5.92 Å². The molecule has 2 bridgehead atoms. The molecule has 1 fully saturated rings. The quantitative estimate of drug-likeness (QED) is 0.659. The number of nitrogens with zero attached hydrogens (tertiary/aromatic N) is 2. The summed E-state index contributed by atoms with van der Waals surface area (Å²) in [6, 6.07) is 16.3. The van der Waals surface area contributed by atoms with Crippen LogP contribution in [0.2, 0.25) is 5.02 Å². The third-order valence-corrected chi connectivity index (χ3v) is 5.96. The SMILES string of the molecule is O=C(c1ccc(-c2ccc(Cl)cc2)o1)N1CC2CC(C1)c1cccc(=O)n1C2. The molecule has 3 aromatic rings. The molecule has 5 nitrogen and oxygen atoms in total. The molecule has 5 rings (SSSR count). The van der Waals surface area contributed by atoms with Crippen LogP contribution in [0, 0.1) is 5.92 Å². The molecule has 4 heterocycles. The van der Waals surface area contributed by atoms with Crippen molar-refractivity contribution < 1.29 is 9.21 Å². The Kier molecular flexibility index (Phi) is 4.13. The maximum absolute atomic E-state index is 13.1.